The molecule has 26 heavy (non-hydrogen) atoms. The van der Waals surface area contributed by atoms with E-state index in [1.165, 1.54) is 24.3 Å². The lowest BCUT2D eigenvalue weighted by Gasteiger charge is -2.04. The summed E-state index contributed by atoms with van der Waals surface area (Å²) in [7, 11) is -4.31. The molecule has 134 valence electrons. The highest BCUT2D eigenvalue weighted by atomic mass is 32.2. The van der Waals surface area contributed by atoms with Crippen LogP contribution < -0.4 is 5.14 Å². The summed E-state index contributed by atoms with van der Waals surface area (Å²) in [5, 5.41) is 18.4. The van der Waals surface area contributed by atoms with Crippen molar-refractivity contribution in [1.82, 2.24) is 9.78 Å². The van der Waals surface area contributed by atoms with E-state index >= 15 is 0 Å². The van der Waals surface area contributed by atoms with Crippen molar-refractivity contribution in [2.24, 2.45) is 5.14 Å². The minimum absolute atomic E-state index is 0.0802. The van der Waals surface area contributed by atoms with E-state index in [4.69, 9.17) is 5.14 Å². The van der Waals surface area contributed by atoms with Gasteiger partial charge in [0, 0.05) is 5.56 Å². The van der Waals surface area contributed by atoms with Crippen LogP contribution in [0, 0.1) is 11.6 Å². The smallest absolute Gasteiger partial charge is 0.354 e. The first-order valence-electron chi connectivity index (χ1n) is 7.09. The maximum Gasteiger partial charge on any atom is 0.354 e. The minimum Gasteiger partial charge on any atom is -0.477 e. The van der Waals surface area contributed by atoms with Crippen molar-refractivity contribution in [2.75, 3.05) is 0 Å². The molecule has 3 aromatic rings. The lowest BCUT2D eigenvalue weighted by molar-refractivity contribution is 0.0687. The Morgan fingerprint density at radius 1 is 1.08 bits per heavy atom. The van der Waals surface area contributed by atoms with Crippen LogP contribution in [-0.4, -0.2) is 29.3 Å². The van der Waals surface area contributed by atoms with Crippen LogP contribution in [-0.2, 0) is 10.0 Å². The molecule has 2 aromatic carbocycles. The van der Waals surface area contributed by atoms with E-state index in [0.29, 0.717) is 0 Å². The first-order chi connectivity index (χ1) is 12.2. The first kappa shape index (κ1) is 17.7. The number of carboxylic acids is 1. The monoisotopic (exact) mass is 379 g/mol. The Bertz CT molecular complexity index is 1110. The Morgan fingerprint density at radius 2 is 1.73 bits per heavy atom. The molecule has 0 aliphatic carbocycles. The molecule has 1 heterocycles. The summed E-state index contributed by atoms with van der Waals surface area (Å²) in [5.41, 5.74) is 0.271. The van der Waals surface area contributed by atoms with Crippen molar-refractivity contribution in [3.63, 3.8) is 0 Å². The first-order valence-corrected chi connectivity index (χ1v) is 8.63. The number of hydrogen-bond acceptors (Lipinski definition) is 4. The fourth-order valence-electron chi connectivity index (χ4n) is 2.33. The summed E-state index contributed by atoms with van der Waals surface area (Å²) in [4.78, 5) is 10.7. The SMILES string of the molecule is NS(=O)(=O)c1cc(-c2cc(C(=O)O)n(-c3ccc(F)cc3)n2)ccc1F. The minimum atomic E-state index is -4.31. The molecule has 0 spiro atoms. The van der Waals surface area contributed by atoms with Crippen molar-refractivity contribution in [2.45, 2.75) is 4.90 Å². The molecule has 7 nitrogen and oxygen atoms in total. The molecule has 0 saturated carbocycles. The van der Waals surface area contributed by atoms with E-state index in [9.17, 15) is 27.1 Å². The summed E-state index contributed by atoms with van der Waals surface area (Å²) >= 11 is 0. The van der Waals surface area contributed by atoms with E-state index < -0.39 is 32.5 Å². The molecule has 0 amide bonds. The molecule has 1 aromatic heterocycles. The highest BCUT2D eigenvalue weighted by Gasteiger charge is 2.20. The van der Waals surface area contributed by atoms with Gasteiger partial charge in [0.2, 0.25) is 10.0 Å². The van der Waals surface area contributed by atoms with Gasteiger partial charge in [-0.15, -0.1) is 0 Å². The largest absolute Gasteiger partial charge is 0.477 e. The van der Waals surface area contributed by atoms with E-state index in [2.05, 4.69) is 5.10 Å². The fraction of sp³-hybridized carbons (Fsp3) is 0. The lowest BCUT2D eigenvalue weighted by Crippen LogP contribution is -2.14. The van der Waals surface area contributed by atoms with Gasteiger partial charge in [0.1, 0.15) is 16.5 Å². The number of sulfonamides is 1. The van der Waals surface area contributed by atoms with E-state index in [1.807, 2.05) is 0 Å². The van der Waals surface area contributed by atoms with Crippen LogP contribution in [0.2, 0.25) is 0 Å². The maximum absolute atomic E-state index is 13.7. The Morgan fingerprint density at radius 3 is 2.31 bits per heavy atom. The third-order valence-corrected chi connectivity index (χ3v) is 4.46. The number of nitrogens with two attached hydrogens (primary N) is 1. The molecular formula is C16H11F2N3O4S. The maximum atomic E-state index is 13.7. The normalized spacial score (nSPS) is 11.5. The van der Waals surface area contributed by atoms with Crippen molar-refractivity contribution in [1.29, 1.82) is 0 Å². The number of rotatable bonds is 4. The molecule has 0 saturated heterocycles. The summed E-state index contributed by atoms with van der Waals surface area (Å²) in [6.07, 6.45) is 0. The van der Waals surface area contributed by atoms with Crippen LogP contribution in [0.25, 0.3) is 16.9 Å². The molecule has 0 fully saturated rings. The van der Waals surface area contributed by atoms with Crippen LogP contribution in [0.4, 0.5) is 8.78 Å². The molecule has 0 atom stereocenters. The van der Waals surface area contributed by atoms with Gasteiger partial charge in [-0.3, -0.25) is 0 Å². The van der Waals surface area contributed by atoms with Gasteiger partial charge in [0.15, 0.2) is 5.69 Å². The highest BCUT2D eigenvalue weighted by Crippen LogP contribution is 2.25. The Kier molecular flexibility index (Phi) is 4.30. The zero-order chi connectivity index (χ0) is 19.1. The summed E-state index contributed by atoms with van der Waals surface area (Å²) in [6.45, 7) is 0. The number of benzene rings is 2. The molecule has 0 aliphatic rings. The predicted octanol–water partition coefficient (Wildman–Crippen LogP) is 2.16. The molecular weight excluding hydrogens is 368 g/mol. The zero-order valence-corrected chi connectivity index (χ0v) is 13.7. The fourth-order valence-corrected chi connectivity index (χ4v) is 2.97. The van der Waals surface area contributed by atoms with Crippen LogP contribution >= 0.6 is 0 Å². The van der Waals surface area contributed by atoms with E-state index in [0.717, 1.165) is 28.9 Å². The van der Waals surface area contributed by atoms with Gasteiger partial charge in [0.05, 0.1) is 11.4 Å². The summed E-state index contributed by atoms with van der Waals surface area (Å²) in [5.74, 6) is -2.84. The van der Waals surface area contributed by atoms with Gasteiger partial charge >= 0.3 is 5.97 Å². The summed E-state index contributed by atoms with van der Waals surface area (Å²) < 4.78 is 50.7. The molecule has 10 heteroatoms. The van der Waals surface area contributed by atoms with Gasteiger partial charge in [-0.1, -0.05) is 0 Å². The van der Waals surface area contributed by atoms with Crippen LogP contribution in [0.5, 0.6) is 0 Å². The van der Waals surface area contributed by atoms with Crippen molar-refractivity contribution in [3.8, 4) is 16.9 Å². The number of primary sulfonamides is 1. The number of carboxylic acid groups (broad SMARTS) is 1. The third-order valence-electron chi connectivity index (χ3n) is 3.53. The van der Waals surface area contributed by atoms with Gasteiger partial charge in [-0.05, 0) is 48.5 Å². The molecule has 3 rings (SSSR count). The van der Waals surface area contributed by atoms with Crippen LogP contribution in [0.15, 0.2) is 53.4 Å². The Balaban J connectivity index is 2.17. The molecule has 0 bridgehead atoms. The molecule has 3 N–H and O–H groups in total. The number of aromatic nitrogens is 2. The average molecular weight is 379 g/mol. The quantitative estimate of drug-likeness (QED) is 0.721. The number of hydrogen-bond donors (Lipinski definition) is 2. The van der Waals surface area contributed by atoms with E-state index in [-0.39, 0.29) is 22.6 Å². The predicted molar refractivity (Wildman–Crippen MR) is 87.2 cm³/mol. The summed E-state index contributed by atoms with van der Waals surface area (Å²) in [6, 6.07) is 9.23. The molecule has 0 unspecified atom stereocenters. The lowest BCUT2D eigenvalue weighted by atomic mass is 10.1. The third kappa shape index (κ3) is 3.32. The Hall–Kier alpha value is -3.11. The standard InChI is InChI=1S/C16H11F2N3O4S/c17-10-2-4-11(5-3-10)21-14(16(22)23)8-13(20-21)9-1-6-12(18)15(7-9)26(19,24)25/h1-8H,(H,22,23)(H2,19,24,25). The topological polar surface area (TPSA) is 115 Å². The van der Waals surface area contributed by atoms with Gasteiger partial charge < -0.3 is 5.11 Å². The molecule has 0 radical (unpaired) electrons. The second-order valence-corrected chi connectivity index (χ2v) is 6.83. The second kappa shape index (κ2) is 6.32. The average Bonchev–Trinajstić information content (AvgIpc) is 3.00. The number of halogens is 2. The number of nitrogens with zero attached hydrogens (tertiary/aromatic N) is 2. The number of aromatic carboxylic acids is 1. The van der Waals surface area contributed by atoms with Crippen molar-refractivity contribution < 1.29 is 27.1 Å². The van der Waals surface area contributed by atoms with Crippen LogP contribution in [0.3, 0.4) is 0 Å². The molecule has 0 aliphatic heterocycles. The Labute approximate surface area is 146 Å². The zero-order valence-electron chi connectivity index (χ0n) is 12.9. The highest BCUT2D eigenvalue weighted by molar-refractivity contribution is 7.89. The van der Waals surface area contributed by atoms with Gasteiger partial charge in [-0.2, -0.15) is 5.10 Å². The second-order valence-electron chi connectivity index (χ2n) is 5.30. The van der Waals surface area contributed by atoms with Gasteiger partial charge in [-0.25, -0.2) is 31.8 Å². The van der Waals surface area contributed by atoms with Crippen molar-refractivity contribution in [3.05, 3.63) is 65.9 Å². The van der Waals surface area contributed by atoms with E-state index in [1.54, 1.807) is 0 Å². The number of carbonyl (C=O) groups is 1. The van der Waals surface area contributed by atoms with Crippen molar-refractivity contribution >= 4 is 16.0 Å². The van der Waals surface area contributed by atoms with Gasteiger partial charge in [0.25, 0.3) is 0 Å². The van der Waals surface area contributed by atoms with Crippen LogP contribution in [0.1, 0.15) is 10.5 Å².